The van der Waals surface area contributed by atoms with E-state index in [2.05, 4.69) is 0 Å². The van der Waals surface area contributed by atoms with Crippen molar-refractivity contribution in [1.29, 1.82) is 0 Å². The van der Waals surface area contributed by atoms with Crippen LogP contribution in [0, 0.1) is 0 Å². The largest absolute Gasteiger partial charge is 0.396 e. The third kappa shape index (κ3) is 9.72. The van der Waals surface area contributed by atoms with E-state index in [1.54, 1.807) is 0 Å². The van der Waals surface area contributed by atoms with Crippen LogP contribution in [0.4, 0.5) is 0 Å². The maximum atomic E-state index is 9.10. The minimum absolute atomic E-state index is 0.00688. The Morgan fingerprint density at radius 2 is 1.77 bits per heavy atom. The van der Waals surface area contributed by atoms with E-state index in [-0.39, 0.29) is 19.8 Å². The molecule has 0 bridgehead atoms. The second-order valence-corrected chi connectivity index (χ2v) is 2.53. The van der Waals surface area contributed by atoms with Gasteiger partial charge in [-0.25, -0.2) is 0 Å². The number of hydrogen-bond donors (Lipinski definition) is 3. The molecule has 0 rings (SSSR count). The van der Waals surface area contributed by atoms with Gasteiger partial charge in [-0.2, -0.15) is 0 Å². The van der Waals surface area contributed by atoms with Gasteiger partial charge in [-0.1, -0.05) is 0 Å². The van der Waals surface area contributed by atoms with Crippen LogP contribution < -0.4 is 0 Å². The molecule has 0 radical (unpaired) electrons. The van der Waals surface area contributed by atoms with E-state index < -0.39 is 6.29 Å². The van der Waals surface area contributed by atoms with Crippen molar-refractivity contribution >= 4 is 0 Å². The SMILES string of the molecule is OCCCC(O)OCCOCCO. The zero-order valence-electron chi connectivity index (χ0n) is 7.69. The van der Waals surface area contributed by atoms with E-state index in [4.69, 9.17) is 24.8 Å². The molecule has 0 aromatic heterocycles. The van der Waals surface area contributed by atoms with Crippen LogP contribution in [0.3, 0.4) is 0 Å². The lowest BCUT2D eigenvalue weighted by Gasteiger charge is -2.10. The van der Waals surface area contributed by atoms with Gasteiger partial charge in [0.05, 0.1) is 26.4 Å². The Hall–Kier alpha value is -0.200. The molecule has 13 heavy (non-hydrogen) atoms. The number of ether oxygens (including phenoxy) is 2. The van der Waals surface area contributed by atoms with Gasteiger partial charge in [0.25, 0.3) is 0 Å². The normalized spacial score (nSPS) is 13.2. The predicted octanol–water partition coefficient (Wildman–Crippen LogP) is -0.897. The van der Waals surface area contributed by atoms with Gasteiger partial charge < -0.3 is 24.8 Å². The maximum absolute atomic E-state index is 9.10. The van der Waals surface area contributed by atoms with Crippen molar-refractivity contribution in [3.8, 4) is 0 Å². The molecule has 3 N–H and O–H groups in total. The molecular weight excluding hydrogens is 176 g/mol. The molecule has 0 saturated heterocycles. The lowest BCUT2D eigenvalue weighted by molar-refractivity contribution is -0.118. The van der Waals surface area contributed by atoms with Crippen LogP contribution in [0.25, 0.3) is 0 Å². The average molecular weight is 194 g/mol. The van der Waals surface area contributed by atoms with Gasteiger partial charge in [-0.05, 0) is 6.42 Å². The first kappa shape index (κ1) is 12.8. The molecule has 0 aromatic carbocycles. The van der Waals surface area contributed by atoms with E-state index in [1.165, 1.54) is 0 Å². The monoisotopic (exact) mass is 194 g/mol. The fourth-order valence-electron chi connectivity index (χ4n) is 0.759. The average Bonchev–Trinajstić information content (AvgIpc) is 2.14. The maximum Gasteiger partial charge on any atom is 0.154 e. The van der Waals surface area contributed by atoms with Crippen LogP contribution in [0.15, 0.2) is 0 Å². The summed E-state index contributed by atoms with van der Waals surface area (Å²) in [6.45, 7) is 0.994. The molecular formula is C8H18O5. The summed E-state index contributed by atoms with van der Waals surface area (Å²) in [5, 5.41) is 25.9. The number of aliphatic hydroxyl groups is 3. The lowest BCUT2D eigenvalue weighted by atomic mass is 10.3. The first-order valence-corrected chi connectivity index (χ1v) is 4.40. The van der Waals surface area contributed by atoms with E-state index in [0.29, 0.717) is 26.1 Å². The molecule has 0 aromatic rings. The van der Waals surface area contributed by atoms with Crippen LogP contribution in [0.5, 0.6) is 0 Å². The Morgan fingerprint density at radius 3 is 2.38 bits per heavy atom. The number of aliphatic hydroxyl groups excluding tert-OH is 3. The summed E-state index contributed by atoms with van der Waals surface area (Å²) in [6, 6.07) is 0. The van der Waals surface area contributed by atoms with Crippen molar-refractivity contribution in [1.82, 2.24) is 0 Å². The summed E-state index contributed by atoms with van der Waals surface area (Å²) >= 11 is 0. The van der Waals surface area contributed by atoms with Crippen molar-refractivity contribution in [2.75, 3.05) is 33.0 Å². The first-order chi connectivity index (χ1) is 6.31. The zero-order valence-corrected chi connectivity index (χ0v) is 7.69. The van der Waals surface area contributed by atoms with Crippen molar-refractivity contribution < 1.29 is 24.8 Å². The van der Waals surface area contributed by atoms with Gasteiger partial charge in [0.2, 0.25) is 0 Å². The van der Waals surface area contributed by atoms with Gasteiger partial charge in [0, 0.05) is 13.0 Å². The highest BCUT2D eigenvalue weighted by atomic mass is 16.6. The Labute approximate surface area is 77.9 Å². The molecule has 0 amide bonds. The summed E-state index contributed by atoms with van der Waals surface area (Å²) in [6.07, 6.45) is 0.125. The Balaban J connectivity index is 3.03. The van der Waals surface area contributed by atoms with Gasteiger partial charge in [0.1, 0.15) is 0 Å². The standard InChI is InChI=1S/C8H18O5/c9-3-1-2-8(11)13-7-6-12-5-4-10/h8-11H,1-7H2. The third-order valence-corrected chi connectivity index (χ3v) is 1.38. The van der Waals surface area contributed by atoms with E-state index in [1.807, 2.05) is 0 Å². The highest BCUT2D eigenvalue weighted by molar-refractivity contribution is 4.42. The number of hydrogen-bond acceptors (Lipinski definition) is 5. The molecule has 0 spiro atoms. The van der Waals surface area contributed by atoms with E-state index in [0.717, 1.165) is 0 Å². The minimum Gasteiger partial charge on any atom is -0.396 e. The summed E-state index contributed by atoms with van der Waals surface area (Å²) in [4.78, 5) is 0. The topological polar surface area (TPSA) is 79.2 Å². The fraction of sp³-hybridized carbons (Fsp3) is 1.00. The second-order valence-electron chi connectivity index (χ2n) is 2.53. The molecule has 0 aliphatic rings. The second kappa shape index (κ2) is 9.88. The molecule has 0 fully saturated rings. The van der Waals surface area contributed by atoms with E-state index >= 15 is 0 Å². The lowest BCUT2D eigenvalue weighted by Crippen LogP contribution is -2.16. The zero-order chi connectivity index (χ0) is 9.94. The summed E-state index contributed by atoms with van der Waals surface area (Å²) < 4.78 is 9.83. The number of rotatable bonds is 9. The van der Waals surface area contributed by atoms with Crippen molar-refractivity contribution in [3.05, 3.63) is 0 Å². The smallest absolute Gasteiger partial charge is 0.154 e. The van der Waals surface area contributed by atoms with Crippen LogP contribution >= 0.6 is 0 Å². The molecule has 5 heteroatoms. The van der Waals surface area contributed by atoms with Gasteiger partial charge in [-0.3, -0.25) is 0 Å². The van der Waals surface area contributed by atoms with Gasteiger partial charge in [0.15, 0.2) is 6.29 Å². The summed E-state index contributed by atoms with van der Waals surface area (Å²) in [7, 11) is 0. The van der Waals surface area contributed by atoms with Crippen LogP contribution in [0.1, 0.15) is 12.8 Å². The summed E-state index contributed by atoms with van der Waals surface area (Å²) in [5.41, 5.74) is 0. The first-order valence-electron chi connectivity index (χ1n) is 4.40. The molecule has 0 aliphatic carbocycles. The van der Waals surface area contributed by atoms with Crippen LogP contribution in [-0.2, 0) is 9.47 Å². The van der Waals surface area contributed by atoms with Crippen LogP contribution in [-0.4, -0.2) is 54.6 Å². The summed E-state index contributed by atoms with van der Waals surface area (Å²) in [5.74, 6) is 0. The van der Waals surface area contributed by atoms with Crippen LogP contribution in [0.2, 0.25) is 0 Å². The Bertz CT molecular complexity index is 98.5. The highest BCUT2D eigenvalue weighted by Gasteiger charge is 2.02. The third-order valence-electron chi connectivity index (χ3n) is 1.38. The van der Waals surface area contributed by atoms with Crippen molar-refractivity contribution in [2.24, 2.45) is 0 Å². The highest BCUT2D eigenvalue weighted by Crippen LogP contribution is 1.97. The molecule has 1 unspecified atom stereocenters. The molecule has 0 heterocycles. The van der Waals surface area contributed by atoms with Crippen molar-refractivity contribution in [3.63, 3.8) is 0 Å². The van der Waals surface area contributed by atoms with Crippen molar-refractivity contribution in [2.45, 2.75) is 19.1 Å². The molecule has 5 nitrogen and oxygen atoms in total. The minimum atomic E-state index is -0.829. The fourth-order valence-corrected chi connectivity index (χ4v) is 0.759. The van der Waals surface area contributed by atoms with Gasteiger partial charge >= 0.3 is 0 Å². The van der Waals surface area contributed by atoms with Gasteiger partial charge in [-0.15, -0.1) is 0 Å². The Kier molecular flexibility index (Phi) is 9.73. The molecule has 0 saturated carbocycles. The van der Waals surface area contributed by atoms with E-state index in [9.17, 15) is 0 Å². The molecule has 0 aliphatic heterocycles. The Morgan fingerprint density at radius 1 is 1.00 bits per heavy atom. The quantitative estimate of drug-likeness (QED) is 0.327. The predicted molar refractivity (Wildman–Crippen MR) is 46.2 cm³/mol. The molecule has 1 atom stereocenters. The molecule has 80 valence electrons.